The van der Waals surface area contributed by atoms with Crippen LogP contribution < -0.4 is 0 Å². The van der Waals surface area contributed by atoms with Gasteiger partial charge < -0.3 is 4.74 Å². The average molecular weight is 334 g/mol. The van der Waals surface area contributed by atoms with E-state index in [0.717, 1.165) is 11.3 Å². The normalized spacial score (nSPS) is 11.1. The molecule has 2 nitrogen and oxygen atoms in total. The number of ketones is 1. The molecule has 7 heteroatoms. The monoisotopic (exact) mass is 332 g/mol. The Labute approximate surface area is 109 Å². The van der Waals surface area contributed by atoms with Crippen LogP contribution in [0.4, 0.5) is 8.78 Å². The Morgan fingerprint density at radius 3 is 2.81 bits per heavy atom. The lowest BCUT2D eigenvalue weighted by atomic mass is 10.2. The standard InChI is InChI=1S/C9H8BrClF2O2S/c10-5-3-7(16-9(5)11)6(14)1-2-15-4-8(12)13/h3,8H,1-2,4H2. The van der Waals surface area contributed by atoms with Crippen molar-refractivity contribution in [2.24, 2.45) is 0 Å². The van der Waals surface area contributed by atoms with Gasteiger partial charge in [-0.15, -0.1) is 11.3 Å². The Hall–Kier alpha value is -0.0400. The lowest BCUT2D eigenvalue weighted by Crippen LogP contribution is -2.08. The van der Waals surface area contributed by atoms with Crippen LogP contribution in [0.15, 0.2) is 10.5 Å². The van der Waals surface area contributed by atoms with E-state index in [2.05, 4.69) is 20.7 Å². The first-order chi connectivity index (χ1) is 7.50. The molecule has 0 aliphatic rings. The second-order valence-electron chi connectivity index (χ2n) is 2.87. The fourth-order valence-corrected chi connectivity index (χ4v) is 2.61. The predicted molar refractivity (Wildman–Crippen MR) is 62.8 cm³/mol. The van der Waals surface area contributed by atoms with Crippen molar-refractivity contribution in [3.63, 3.8) is 0 Å². The number of rotatable bonds is 6. The van der Waals surface area contributed by atoms with Crippen molar-refractivity contribution < 1.29 is 18.3 Å². The van der Waals surface area contributed by atoms with Gasteiger partial charge in [-0.3, -0.25) is 4.79 Å². The van der Waals surface area contributed by atoms with E-state index in [-0.39, 0.29) is 18.8 Å². The first-order valence-corrected chi connectivity index (χ1v) is 6.33. The molecule has 0 bridgehead atoms. The average Bonchev–Trinajstić information content (AvgIpc) is 2.54. The van der Waals surface area contributed by atoms with Crippen LogP contribution in [-0.4, -0.2) is 25.4 Å². The Balaban J connectivity index is 2.35. The summed E-state index contributed by atoms with van der Waals surface area (Å²) in [6.07, 6.45) is -2.42. The van der Waals surface area contributed by atoms with Gasteiger partial charge in [0.05, 0.1) is 11.5 Å². The molecule has 90 valence electrons. The summed E-state index contributed by atoms with van der Waals surface area (Å²) in [5.74, 6) is -0.160. The molecule has 1 rings (SSSR count). The van der Waals surface area contributed by atoms with Gasteiger partial charge in [0.1, 0.15) is 10.9 Å². The molecule has 0 fully saturated rings. The van der Waals surface area contributed by atoms with Crippen molar-refractivity contribution in [2.45, 2.75) is 12.8 Å². The third kappa shape index (κ3) is 4.45. The van der Waals surface area contributed by atoms with Crippen molar-refractivity contribution in [1.29, 1.82) is 0 Å². The molecule has 0 aromatic carbocycles. The summed E-state index contributed by atoms with van der Waals surface area (Å²) in [6.45, 7) is -0.640. The summed E-state index contributed by atoms with van der Waals surface area (Å²) in [5, 5.41) is 0. The number of hydrogen-bond donors (Lipinski definition) is 0. The molecule has 0 aliphatic carbocycles. The van der Waals surface area contributed by atoms with Gasteiger partial charge in [-0.25, -0.2) is 8.78 Å². The smallest absolute Gasteiger partial charge is 0.261 e. The Morgan fingerprint density at radius 2 is 2.31 bits per heavy atom. The maximum atomic E-state index is 11.7. The van der Waals surface area contributed by atoms with Crippen LogP contribution in [0.25, 0.3) is 0 Å². The lowest BCUT2D eigenvalue weighted by molar-refractivity contribution is 0.0170. The van der Waals surface area contributed by atoms with Crippen molar-refractivity contribution in [1.82, 2.24) is 0 Å². The molecule has 0 radical (unpaired) electrons. The van der Waals surface area contributed by atoms with Crippen molar-refractivity contribution in [3.05, 3.63) is 19.8 Å². The minimum absolute atomic E-state index is 0.00366. The van der Waals surface area contributed by atoms with E-state index in [0.29, 0.717) is 13.7 Å². The predicted octanol–water partition coefficient (Wildman–Crippen LogP) is 4.02. The first-order valence-electron chi connectivity index (χ1n) is 4.34. The van der Waals surface area contributed by atoms with E-state index in [1.165, 1.54) is 0 Å². The number of carbonyl (C=O) groups is 1. The van der Waals surface area contributed by atoms with Crippen LogP contribution in [-0.2, 0) is 4.74 Å². The fraction of sp³-hybridized carbons (Fsp3) is 0.444. The minimum Gasteiger partial charge on any atom is -0.375 e. The molecule has 0 N–H and O–H groups in total. The number of ether oxygens (including phenoxy) is 1. The Bertz CT molecular complexity index is 351. The van der Waals surface area contributed by atoms with Crippen LogP contribution in [0.2, 0.25) is 4.34 Å². The summed E-state index contributed by atoms with van der Waals surface area (Å²) in [4.78, 5) is 12.0. The lowest BCUT2D eigenvalue weighted by Gasteiger charge is -2.01. The zero-order valence-electron chi connectivity index (χ0n) is 8.01. The van der Waals surface area contributed by atoms with E-state index >= 15 is 0 Å². The van der Waals surface area contributed by atoms with E-state index in [1.807, 2.05) is 0 Å². The fourth-order valence-electron chi connectivity index (χ4n) is 0.944. The molecule has 1 heterocycles. The molecule has 0 atom stereocenters. The summed E-state index contributed by atoms with van der Waals surface area (Å²) >= 11 is 10.1. The molecular formula is C9H8BrClF2O2S. The molecule has 16 heavy (non-hydrogen) atoms. The highest BCUT2D eigenvalue weighted by Crippen LogP contribution is 2.32. The summed E-state index contributed by atoms with van der Waals surface area (Å²) in [7, 11) is 0. The molecule has 0 unspecified atom stereocenters. The number of thiophene rings is 1. The summed E-state index contributed by atoms with van der Waals surface area (Å²) in [6, 6.07) is 1.61. The van der Waals surface area contributed by atoms with Gasteiger partial charge in [-0.2, -0.15) is 0 Å². The highest BCUT2D eigenvalue weighted by atomic mass is 79.9. The molecule has 0 saturated carbocycles. The molecule has 0 saturated heterocycles. The van der Waals surface area contributed by atoms with Gasteiger partial charge in [0.2, 0.25) is 0 Å². The second-order valence-corrected chi connectivity index (χ2v) is 5.38. The van der Waals surface area contributed by atoms with Gasteiger partial charge in [-0.1, -0.05) is 11.6 Å². The molecule has 1 aromatic rings. The zero-order chi connectivity index (χ0) is 12.1. The van der Waals surface area contributed by atoms with Crippen molar-refractivity contribution in [2.75, 3.05) is 13.2 Å². The molecule has 0 amide bonds. The number of alkyl halides is 2. The molecule has 0 spiro atoms. The Morgan fingerprint density at radius 1 is 1.62 bits per heavy atom. The highest BCUT2D eigenvalue weighted by molar-refractivity contribution is 9.10. The van der Waals surface area contributed by atoms with E-state index in [9.17, 15) is 13.6 Å². The van der Waals surface area contributed by atoms with Crippen molar-refractivity contribution >= 4 is 44.7 Å². The molecule has 1 aromatic heterocycles. The third-order valence-corrected chi connectivity index (χ3v) is 4.15. The quantitative estimate of drug-likeness (QED) is 0.580. The SMILES string of the molecule is O=C(CCOCC(F)F)c1cc(Br)c(Cl)s1. The van der Waals surface area contributed by atoms with Gasteiger partial charge >= 0.3 is 0 Å². The van der Waals surface area contributed by atoms with Gasteiger partial charge in [0, 0.05) is 10.9 Å². The maximum Gasteiger partial charge on any atom is 0.261 e. The third-order valence-electron chi connectivity index (χ3n) is 1.64. The topological polar surface area (TPSA) is 26.3 Å². The molecule has 0 aliphatic heterocycles. The largest absolute Gasteiger partial charge is 0.375 e. The summed E-state index contributed by atoms with van der Waals surface area (Å²) in [5.41, 5.74) is 0. The van der Waals surface area contributed by atoms with Crippen LogP contribution in [0, 0.1) is 0 Å². The summed E-state index contributed by atoms with van der Waals surface area (Å²) < 4.78 is 29.2. The number of hydrogen-bond acceptors (Lipinski definition) is 3. The minimum atomic E-state index is -2.50. The van der Waals surface area contributed by atoms with Gasteiger partial charge in [0.25, 0.3) is 6.43 Å². The second kappa shape index (κ2) is 6.64. The zero-order valence-corrected chi connectivity index (χ0v) is 11.2. The van der Waals surface area contributed by atoms with Gasteiger partial charge in [0.15, 0.2) is 5.78 Å². The van der Waals surface area contributed by atoms with E-state index in [1.54, 1.807) is 6.07 Å². The van der Waals surface area contributed by atoms with Crippen LogP contribution in [0.1, 0.15) is 16.1 Å². The maximum absolute atomic E-state index is 11.7. The first kappa shape index (κ1) is 14.0. The highest BCUT2D eigenvalue weighted by Gasteiger charge is 2.12. The van der Waals surface area contributed by atoms with E-state index < -0.39 is 13.0 Å². The van der Waals surface area contributed by atoms with E-state index in [4.69, 9.17) is 11.6 Å². The van der Waals surface area contributed by atoms with Crippen molar-refractivity contribution in [3.8, 4) is 0 Å². The number of halogens is 4. The number of carbonyl (C=O) groups excluding carboxylic acids is 1. The van der Waals surface area contributed by atoms with Crippen LogP contribution in [0.5, 0.6) is 0 Å². The number of Topliss-reactive ketones (excluding diaryl/α,β-unsaturated/α-hetero) is 1. The molecular weight excluding hydrogens is 326 g/mol. The van der Waals surface area contributed by atoms with Gasteiger partial charge in [-0.05, 0) is 22.0 Å². The van der Waals surface area contributed by atoms with Crippen LogP contribution >= 0.6 is 38.9 Å². The Kier molecular flexibility index (Phi) is 5.82. The van der Waals surface area contributed by atoms with Crippen LogP contribution in [0.3, 0.4) is 0 Å².